The van der Waals surface area contributed by atoms with E-state index in [1.165, 1.54) is 0 Å². The Kier molecular flexibility index (Phi) is 5.23. The number of nitrogens with one attached hydrogen (secondary N) is 1. The average Bonchev–Trinajstić information content (AvgIpc) is 2.76. The van der Waals surface area contributed by atoms with E-state index in [9.17, 15) is 9.90 Å². The number of rotatable bonds is 6. The van der Waals surface area contributed by atoms with Crippen molar-refractivity contribution in [2.75, 3.05) is 26.7 Å². The Morgan fingerprint density at radius 2 is 2.20 bits per heavy atom. The number of benzene rings is 1. The lowest BCUT2D eigenvalue weighted by Gasteiger charge is -2.16. The van der Waals surface area contributed by atoms with Gasteiger partial charge in [0.15, 0.2) is 0 Å². The van der Waals surface area contributed by atoms with E-state index in [1.807, 2.05) is 0 Å². The van der Waals surface area contributed by atoms with Gasteiger partial charge in [-0.15, -0.1) is 0 Å². The van der Waals surface area contributed by atoms with Gasteiger partial charge in [-0.25, -0.2) is 0 Å². The molecule has 0 aliphatic carbocycles. The van der Waals surface area contributed by atoms with Crippen LogP contribution in [0.4, 0.5) is 0 Å². The molecule has 0 spiro atoms. The summed E-state index contributed by atoms with van der Waals surface area (Å²) in [7, 11) is 1.78. The Labute approximate surface area is 123 Å². The zero-order valence-corrected chi connectivity index (χ0v) is 12.1. The van der Waals surface area contributed by atoms with Gasteiger partial charge >= 0.3 is 0 Å². The summed E-state index contributed by atoms with van der Waals surface area (Å²) in [5, 5.41) is 13.5. The highest BCUT2D eigenvalue weighted by Gasteiger charge is 2.28. The monoisotopic (exact) mass is 298 g/mol. The highest BCUT2D eigenvalue weighted by molar-refractivity contribution is 6.30. The Morgan fingerprint density at radius 3 is 2.80 bits per heavy atom. The Bertz CT molecular complexity index is 452. The van der Waals surface area contributed by atoms with Crippen LogP contribution in [-0.2, 0) is 4.79 Å². The number of nitrogens with zero attached hydrogens (tertiary/aromatic N) is 1. The van der Waals surface area contributed by atoms with Crippen LogP contribution in [0.2, 0.25) is 5.02 Å². The summed E-state index contributed by atoms with van der Waals surface area (Å²) in [4.78, 5) is 13.4. The van der Waals surface area contributed by atoms with E-state index in [4.69, 9.17) is 16.3 Å². The largest absolute Gasteiger partial charge is 0.491 e. The first-order valence-corrected chi connectivity index (χ1v) is 6.99. The molecule has 1 aromatic carbocycles. The highest BCUT2D eigenvalue weighted by atomic mass is 35.5. The molecule has 0 saturated carbocycles. The molecule has 2 atom stereocenters. The highest BCUT2D eigenvalue weighted by Crippen LogP contribution is 2.15. The van der Waals surface area contributed by atoms with Crippen LogP contribution >= 0.6 is 11.6 Å². The maximum absolute atomic E-state index is 11.7. The number of aliphatic hydroxyl groups excluding tert-OH is 1. The van der Waals surface area contributed by atoms with Crippen LogP contribution < -0.4 is 10.1 Å². The number of likely N-dealkylation sites (tertiary alicyclic amines) is 1. The SMILES string of the molecule is CN1CCC(NCC(O)COc2ccc(Cl)cc2)C1=O. The van der Waals surface area contributed by atoms with Gasteiger partial charge in [-0.2, -0.15) is 0 Å². The molecule has 1 fully saturated rings. The van der Waals surface area contributed by atoms with Gasteiger partial charge in [0, 0.05) is 25.2 Å². The third-order valence-corrected chi connectivity index (χ3v) is 3.54. The number of carbonyl (C=O) groups is 1. The molecule has 5 nitrogen and oxygen atoms in total. The van der Waals surface area contributed by atoms with Crippen LogP contribution in [0.3, 0.4) is 0 Å². The molecule has 1 aliphatic heterocycles. The molecular weight excluding hydrogens is 280 g/mol. The van der Waals surface area contributed by atoms with Crippen molar-refractivity contribution < 1.29 is 14.6 Å². The number of hydrogen-bond acceptors (Lipinski definition) is 4. The second-order valence-corrected chi connectivity index (χ2v) is 5.36. The van der Waals surface area contributed by atoms with Crippen molar-refractivity contribution in [3.63, 3.8) is 0 Å². The molecule has 0 radical (unpaired) electrons. The fourth-order valence-corrected chi connectivity index (χ4v) is 2.20. The van der Waals surface area contributed by atoms with Crippen LogP contribution in [0.1, 0.15) is 6.42 Å². The molecule has 0 bridgehead atoms. The number of ether oxygens (including phenoxy) is 1. The van der Waals surface area contributed by atoms with Crippen LogP contribution in [-0.4, -0.2) is 54.8 Å². The van der Waals surface area contributed by atoms with E-state index < -0.39 is 6.10 Å². The predicted octanol–water partition coefficient (Wildman–Crippen LogP) is 0.900. The number of hydrogen-bond donors (Lipinski definition) is 2. The summed E-state index contributed by atoms with van der Waals surface area (Å²) in [5.74, 6) is 0.737. The van der Waals surface area contributed by atoms with Gasteiger partial charge in [0.2, 0.25) is 5.91 Å². The smallest absolute Gasteiger partial charge is 0.239 e. The summed E-state index contributed by atoms with van der Waals surface area (Å²) < 4.78 is 5.44. The van der Waals surface area contributed by atoms with Crippen LogP contribution in [0.15, 0.2) is 24.3 Å². The quantitative estimate of drug-likeness (QED) is 0.819. The molecular formula is C14H19ClN2O3. The number of likely N-dealkylation sites (N-methyl/N-ethyl adjacent to an activating group) is 1. The van der Waals surface area contributed by atoms with E-state index in [0.29, 0.717) is 17.3 Å². The maximum Gasteiger partial charge on any atom is 0.239 e. The fourth-order valence-electron chi connectivity index (χ4n) is 2.07. The molecule has 1 amide bonds. The van der Waals surface area contributed by atoms with Crippen molar-refractivity contribution in [1.82, 2.24) is 10.2 Å². The summed E-state index contributed by atoms with van der Waals surface area (Å²) in [6.07, 6.45) is 0.115. The van der Waals surface area contributed by atoms with Crippen LogP contribution in [0.5, 0.6) is 5.75 Å². The molecule has 2 unspecified atom stereocenters. The van der Waals surface area contributed by atoms with Crippen molar-refractivity contribution in [2.24, 2.45) is 0 Å². The molecule has 1 aliphatic rings. The summed E-state index contributed by atoms with van der Waals surface area (Å²) >= 11 is 5.77. The normalized spacial score (nSPS) is 20.2. The first-order valence-electron chi connectivity index (χ1n) is 6.61. The first-order chi connectivity index (χ1) is 9.56. The van der Waals surface area contributed by atoms with E-state index in [1.54, 1.807) is 36.2 Å². The van der Waals surface area contributed by atoms with Gasteiger partial charge in [0.05, 0.1) is 6.04 Å². The Balaban J connectivity index is 1.69. The molecule has 1 saturated heterocycles. The minimum absolute atomic E-state index is 0.0795. The Morgan fingerprint density at radius 1 is 1.50 bits per heavy atom. The van der Waals surface area contributed by atoms with Gasteiger partial charge in [-0.3, -0.25) is 4.79 Å². The minimum atomic E-state index is -0.663. The molecule has 1 aromatic rings. The number of amides is 1. The summed E-state index contributed by atoms with van der Waals surface area (Å²) in [6, 6.07) is 6.77. The molecule has 2 rings (SSSR count). The zero-order chi connectivity index (χ0) is 14.5. The van der Waals surface area contributed by atoms with E-state index >= 15 is 0 Å². The second kappa shape index (κ2) is 6.92. The maximum atomic E-state index is 11.7. The molecule has 0 aromatic heterocycles. The molecule has 110 valence electrons. The standard InChI is InChI=1S/C14H19ClN2O3/c1-17-7-6-13(14(17)19)16-8-11(18)9-20-12-4-2-10(15)3-5-12/h2-5,11,13,16,18H,6-9H2,1H3. The molecule has 6 heteroatoms. The second-order valence-electron chi connectivity index (χ2n) is 4.93. The molecule has 2 N–H and O–H groups in total. The number of aliphatic hydroxyl groups is 1. The Hall–Kier alpha value is -1.30. The predicted molar refractivity (Wildman–Crippen MR) is 77.0 cm³/mol. The molecule has 1 heterocycles. The van der Waals surface area contributed by atoms with Gasteiger partial charge < -0.3 is 20.1 Å². The van der Waals surface area contributed by atoms with E-state index in [2.05, 4.69) is 5.32 Å². The molecule has 20 heavy (non-hydrogen) atoms. The number of carbonyl (C=O) groups excluding carboxylic acids is 1. The zero-order valence-electron chi connectivity index (χ0n) is 11.4. The van der Waals surface area contributed by atoms with Crippen molar-refractivity contribution >= 4 is 17.5 Å². The first kappa shape index (κ1) is 15.1. The van der Waals surface area contributed by atoms with Gasteiger partial charge in [-0.05, 0) is 30.7 Å². The van der Waals surface area contributed by atoms with Gasteiger partial charge in [0.25, 0.3) is 0 Å². The van der Waals surface area contributed by atoms with Crippen molar-refractivity contribution in [3.05, 3.63) is 29.3 Å². The van der Waals surface area contributed by atoms with E-state index in [-0.39, 0.29) is 18.6 Å². The van der Waals surface area contributed by atoms with Crippen molar-refractivity contribution in [1.29, 1.82) is 0 Å². The van der Waals surface area contributed by atoms with Gasteiger partial charge in [0.1, 0.15) is 18.5 Å². The van der Waals surface area contributed by atoms with Crippen LogP contribution in [0.25, 0.3) is 0 Å². The summed E-state index contributed by atoms with van der Waals surface area (Å²) in [6.45, 7) is 1.26. The van der Waals surface area contributed by atoms with Crippen molar-refractivity contribution in [3.8, 4) is 5.75 Å². The lowest BCUT2D eigenvalue weighted by Crippen LogP contribution is -2.42. The third-order valence-electron chi connectivity index (χ3n) is 3.28. The minimum Gasteiger partial charge on any atom is -0.491 e. The van der Waals surface area contributed by atoms with Crippen LogP contribution in [0, 0.1) is 0 Å². The fraction of sp³-hybridized carbons (Fsp3) is 0.500. The third kappa shape index (κ3) is 4.10. The summed E-state index contributed by atoms with van der Waals surface area (Å²) in [5.41, 5.74) is 0. The lowest BCUT2D eigenvalue weighted by molar-refractivity contribution is -0.128. The lowest BCUT2D eigenvalue weighted by atomic mass is 10.2. The van der Waals surface area contributed by atoms with E-state index in [0.717, 1.165) is 13.0 Å². The topological polar surface area (TPSA) is 61.8 Å². The average molecular weight is 299 g/mol. The van der Waals surface area contributed by atoms with Gasteiger partial charge in [-0.1, -0.05) is 11.6 Å². The van der Waals surface area contributed by atoms with Crippen molar-refractivity contribution in [2.45, 2.75) is 18.6 Å². The number of halogens is 1.